The minimum absolute atomic E-state index is 0.198. The maximum absolute atomic E-state index is 11.1. The Balaban J connectivity index is 3.05. The van der Waals surface area contributed by atoms with E-state index >= 15 is 0 Å². The van der Waals surface area contributed by atoms with Gasteiger partial charge in [-0.3, -0.25) is 4.79 Å². The van der Waals surface area contributed by atoms with E-state index in [0.29, 0.717) is 5.75 Å². The van der Waals surface area contributed by atoms with E-state index in [1.54, 1.807) is 7.11 Å². The number of aryl methyl sites for hydroxylation is 2. The fourth-order valence-corrected chi connectivity index (χ4v) is 1.45. The van der Waals surface area contributed by atoms with Gasteiger partial charge in [0.05, 0.1) is 7.11 Å². The molecule has 0 aliphatic rings. The summed E-state index contributed by atoms with van der Waals surface area (Å²) in [6.45, 7) is 3.56. The van der Waals surface area contributed by atoms with Gasteiger partial charge in [0, 0.05) is 12.0 Å². The number of aliphatic hydroxyl groups excluding tert-OH is 1. The monoisotopic (exact) mass is 208 g/mol. The van der Waals surface area contributed by atoms with Gasteiger partial charge in [-0.1, -0.05) is 6.07 Å². The molecule has 3 heteroatoms. The number of ether oxygens (including phenoxy) is 1. The van der Waals surface area contributed by atoms with E-state index in [0.717, 1.165) is 16.7 Å². The molecule has 0 unspecified atom stereocenters. The summed E-state index contributed by atoms with van der Waals surface area (Å²) in [5.74, 6) is 0.511. The van der Waals surface area contributed by atoms with E-state index in [-0.39, 0.29) is 12.2 Å². The van der Waals surface area contributed by atoms with Crippen molar-refractivity contribution in [1.82, 2.24) is 0 Å². The largest absolute Gasteiger partial charge is 0.496 e. The number of rotatable bonds is 4. The minimum Gasteiger partial charge on any atom is -0.496 e. The van der Waals surface area contributed by atoms with E-state index in [9.17, 15) is 4.79 Å². The summed E-state index contributed by atoms with van der Waals surface area (Å²) in [4.78, 5) is 11.1. The smallest absolute Gasteiger partial charge is 0.162 e. The highest BCUT2D eigenvalue weighted by Crippen LogP contribution is 2.23. The summed E-state index contributed by atoms with van der Waals surface area (Å²) in [5.41, 5.74) is 3.09. The summed E-state index contributed by atoms with van der Waals surface area (Å²) in [7, 11) is 1.58. The molecule has 1 aromatic carbocycles. The van der Waals surface area contributed by atoms with Crippen LogP contribution >= 0.6 is 0 Å². The van der Waals surface area contributed by atoms with Crippen LogP contribution in [-0.4, -0.2) is 24.6 Å². The number of Topliss-reactive ketones (excluding diaryl/α,β-unsaturated/α-hetero) is 1. The molecule has 0 heterocycles. The molecule has 0 spiro atoms. The third kappa shape index (κ3) is 2.80. The van der Waals surface area contributed by atoms with Gasteiger partial charge in [0.15, 0.2) is 5.78 Å². The number of aliphatic hydroxyl groups is 1. The Morgan fingerprint density at radius 3 is 2.47 bits per heavy atom. The van der Waals surface area contributed by atoms with Crippen molar-refractivity contribution in [1.29, 1.82) is 0 Å². The second-order valence-electron chi connectivity index (χ2n) is 3.62. The van der Waals surface area contributed by atoms with Crippen molar-refractivity contribution in [2.24, 2.45) is 0 Å². The normalized spacial score (nSPS) is 10.1. The fourth-order valence-electron chi connectivity index (χ4n) is 1.45. The lowest BCUT2D eigenvalue weighted by Crippen LogP contribution is -2.08. The molecule has 0 amide bonds. The highest BCUT2D eigenvalue weighted by molar-refractivity contribution is 5.82. The zero-order valence-electron chi connectivity index (χ0n) is 9.33. The van der Waals surface area contributed by atoms with E-state index in [1.807, 2.05) is 26.0 Å². The quantitative estimate of drug-likeness (QED) is 0.814. The molecule has 0 bridgehead atoms. The van der Waals surface area contributed by atoms with Gasteiger partial charge in [0.25, 0.3) is 0 Å². The van der Waals surface area contributed by atoms with Crippen LogP contribution in [0.2, 0.25) is 0 Å². The molecule has 1 N–H and O–H groups in total. The van der Waals surface area contributed by atoms with Crippen LogP contribution in [0.3, 0.4) is 0 Å². The molecule has 0 aliphatic heterocycles. The van der Waals surface area contributed by atoms with Crippen LogP contribution in [0.4, 0.5) is 0 Å². The molecule has 0 aliphatic carbocycles. The van der Waals surface area contributed by atoms with Crippen molar-refractivity contribution >= 4 is 5.78 Å². The third-order valence-electron chi connectivity index (χ3n) is 2.46. The zero-order valence-corrected chi connectivity index (χ0v) is 9.33. The molecule has 0 radical (unpaired) electrons. The highest BCUT2D eigenvalue weighted by atomic mass is 16.5. The lowest BCUT2D eigenvalue weighted by Gasteiger charge is -2.10. The van der Waals surface area contributed by atoms with Crippen LogP contribution in [-0.2, 0) is 11.2 Å². The van der Waals surface area contributed by atoms with E-state index < -0.39 is 6.61 Å². The molecule has 3 nitrogen and oxygen atoms in total. The second kappa shape index (κ2) is 4.94. The number of carbonyl (C=O) groups is 1. The van der Waals surface area contributed by atoms with E-state index in [2.05, 4.69) is 0 Å². The van der Waals surface area contributed by atoms with Crippen molar-refractivity contribution < 1.29 is 14.6 Å². The molecule has 82 valence electrons. The Morgan fingerprint density at radius 1 is 1.33 bits per heavy atom. The Morgan fingerprint density at radius 2 is 1.93 bits per heavy atom. The maximum atomic E-state index is 11.1. The standard InChI is InChI=1S/C12H16O3/c1-8-4-10(6-11(14)7-13)12(15-3)5-9(8)2/h4-5,13H,6-7H2,1-3H3. The Bertz CT molecular complexity index is 369. The summed E-state index contributed by atoms with van der Waals surface area (Å²) in [6.07, 6.45) is 0.223. The van der Waals surface area contributed by atoms with Gasteiger partial charge in [0.1, 0.15) is 12.4 Å². The average molecular weight is 208 g/mol. The van der Waals surface area contributed by atoms with Crippen LogP contribution in [0.25, 0.3) is 0 Å². The first-order valence-corrected chi connectivity index (χ1v) is 4.85. The minimum atomic E-state index is -0.421. The lowest BCUT2D eigenvalue weighted by atomic mass is 10.0. The molecule has 0 aromatic heterocycles. The third-order valence-corrected chi connectivity index (χ3v) is 2.46. The van der Waals surface area contributed by atoms with Crippen molar-refractivity contribution in [3.05, 3.63) is 28.8 Å². The molecule has 15 heavy (non-hydrogen) atoms. The summed E-state index contributed by atoms with van der Waals surface area (Å²) in [6, 6.07) is 3.84. The summed E-state index contributed by atoms with van der Waals surface area (Å²) >= 11 is 0. The second-order valence-corrected chi connectivity index (χ2v) is 3.62. The van der Waals surface area contributed by atoms with Gasteiger partial charge < -0.3 is 9.84 Å². The Labute approximate surface area is 89.7 Å². The first-order chi connectivity index (χ1) is 7.08. The molecule has 0 fully saturated rings. The lowest BCUT2D eigenvalue weighted by molar-refractivity contribution is -0.121. The molecule has 1 aromatic rings. The van der Waals surface area contributed by atoms with Crippen LogP contribution in [0.5, 0.6) is 5.75 Å². The highest BCUT2D eigenvalue weighted by Gasteiger charge is 2.09. The summed E-state index contributed by atoms with van der Waals surface area (Å²) in [5, 5.41) is 8.69. The number of hydrogen-bond acceptors (Lipinski definition) is 3. The number of methoxy groups -OCH3 is 1. The predicted molar refractivity (Wildman–Crippen MR) is 58.3 cm³/mol. The number of benzene rings is 1. The van der Waals surface area contributed by atoms with Gasteiger partial charge in [-0.2, -0.15) is 0 Å². The molecule has 0 saturated carbocycles. The molecular weight excluding hydrogens is 192 g/mol. The molecule has 0 atom stereocenters. The zero-order chi connectivity index (χ0) is 11.4. The van der Waals surface area contributed by atoms with Crippen LogP contribution < -0.4 is 4.74 Å². The van der Waals surface area contributed by atoms with Gasteiger partial charge >= 0.3 is 0 Å². The molecule has 0 saturated heterocycles. The van der Waals surface area contributed by atoms with Crippen molar-refractivity contribution in [3.8, 4) is 5.75 Å². The first kappa shape index (κ1) is 11.7. The SMILES string of the molecule is COc1cc(C)c(C)cc1CC(=O)CO. The van der Waals surface area contributed by atoms with Gasteiger partial charge in [-0.25, -0.2) is 0 Å². The van der Waals surface area contributed by atoms with E-state index in [4.69, 9.17) is 9.84 Å². The topological polar surface area (TPSA) is 46.5 Å². The van der Waals surface area contributed by atoms with Crippen LogP contribution in [0.1, 0.15) is 16.7 Å². The first-order valence-electron chi connectivity index (χ1n) is 4.85. The summed E-state index contributed by atoms with van der Waals surface area (Å²) < 4.78 is 5.19. The maximum Gasteiger partial charge on any atom is 0.162 e. The average Bonchev–Trinajstić information content (AvgIpc) is 2.22. The van der Waals surface area contributed by atoms with E-state index in [1.165, 1.54) is 0 Å². The fraction of sp³-hybridized carbons (Fsp3) is 0.417. The van der Waals surface area contributed by atoms with Crippen molar-refractivity contribution in [2.45, 2.75) is 20.3 Å². The predicted octanol–water partition coefficient (Wildman–Crippen LogP) is 1.42. The van der Waals surface area contributed by atoms with Gasteiger partial charge in [-0.15, -0.1) is 0 Å². The Kier molecular flexibility index (Phi) is 3.86. The molecule has 1 rings (SSSR count). The van der Waals surface area contributed by atoms with Crippen LogP contribution in [0, 0.1) is 13.8 Å². The Hall–Kier alpha value is -1.35. The van der Waals surface area contributed by atoms with Gasteiger partial charge in [-0.05, 0) is 31.0 Å². The number of carbonyl (C=O) groups excluding carboxylic acids is 1. The van der Waals surface area contributed by atoms with Crippen molar-refractivity contribution in [2.75, 3.05) is 13.7 Å². The number of hydrogen-bond donors (Lipinski definition) is 1. The van der Waals surface area contributed by atoms with Crippen LogP contribution in [0.15, 0.2) is 12.1 Å². The van der Waals surface area contributed by atoms with Gasteiger partial charge in [0.2, 0.25) is 0 Å². The molecular formula is C12H16O3. The van der Waals surface area contributed by atoms with Crippen molar-refractivity contribution in [3.63, 3.8) is 0 Å². The number of ketones is 1.